The topological polar surface area (TPSA) is 59.0 Å². The Labute approximate surface area is 125 Å². The van der Waals surface area contributed by atoms with Gasteiger partial charge < -0.3 is 10.6 Å². The molecular weight excluding hydrogens is 264 g/mol. The first-order chi connectivity index (χ1) is 10.1. The van der Waals surface area contributed by atoms with E-state index >= 15 is 0 Å². The Morgan fingerprint density at radius 2 is 2.19 bits per heavy atom. The average molecular weight is 286 g/mol. The van der Waals surface area contributed by atoms with Crippen LogP contribution in [0.3, 0.4) is 0 Å². The highest BCUT2D eigenvalue weighted by Gasteiger charge is 2.11. The first kappa shape index (κ1) is 15.1. The van der Waals surface area contributed by atoms with Crippen LogP contribution in [0.15, 0.2) is 36.7 Å². The van der Waals surface area contributed by atoms with E-state index in [1.165, 1.54) is 0 Å². The van der Waals surface area contributed by atoms with Crippen LogP contribution in [0.25, 0.3) is 0 Å². The van der Waals surface area contributed by atoms with Gasteiger partial charge in [0.25, 0.3) is 5.91 Å². The van der Waals surface area contributed by atoms with Gasteiger partial charge in [0.1, 0.15) is 0 Å². The Balaban J connectivity index is 2.00. The number of aryl methyl sites for hydroxylation is 1. The van der Waals surface area contributed by atoms with Crippen molar-refractivity contribution < 1.29 is 4.79 Å². The van der Waals surface area contributed by atoms with Crippen molar-refractivity contribution in [3.63, 3.8) is 0 Å². The predicted molar refractivity (Wildman–Crippen MR) is 84.5 cm³/mol. The molecule has 0 fully saturated rings. The highest BCUT2D eigenvalue weighted by Crippen LogP contribution is 2.20. The van der Waals surface area contributed by atoms with Crippen molar-refractivity contribution in [3.8, 4) is 0 Å². The van der Waals surface area contributed by atoms with E-state index in [1.807, 2.05) is 42.1 Å². The molecule has 0 aliphatic rings. The summed E-state index contributed by atoms with van der Waals surface area (Å²) < 4.78 is 1.92. The van der Waals surface area contributed by atoms with Gasteiger partial charge in [0, 0.05) is 43.3 Å². The second-order valence-corrected chi connectivity index (χ2v) is 5.16. The van der Waals surface area contributed by atoms with E-state index < -0.39 is 0 Å². The zero-order chi connectivity index (χ0) is 15.2. The Kier molecular flexibility index (Phi) is 4.98. The van der Waals surface area contributed by atoms with E-state index in [1.54, 1.807) is 13.2 Å². The SMILES string of the molecule is CNC(=O)c1cccc(NC(C)CCn2cccn2)c1C. The fourth-order valence-corrected chi connectivity index (χ4v) is 2.27. The van der Waals surface area contributed by atoms with Gasteiger partial charge in [-0.3, -0.25) is 9.48 Å². The fourth-order valence-electron chi connectivity index (χ4n) is 2.27. The number of amides is 1. The minimum atomic E-state index is -0.0552. The van der Waals surface area contributed by atoms with Gasteiger partial charge in [0.05, 0.1) is 0 Å². The monoisotopic (exact) mass is 286 g/mol. The largest absolute Gasteiger partial charge is 0.382 e. The normalized spacial score (nSPS) is 12.0. The number of hydrogen-bond donors (Lipinski definition) is 2. The molecule has 0 bridgehead atoms. The molecule has 0 spiro atoms. The van der Waals surface area contributed by atoms with Crippen LogP contribution in [-0.2, 0) is 6.54 Å². The lowest BCUT2D eigenvalue weighted by molar-refractivity contribution is 0.0962. The van der Waals surface area contributed by atoms with Crippen molar-refractivity contribution in [2.45, 2.75) is 32.9 Å². The Morgan fingerprint density at radius 3 is 2.86 bits per heavy atom. The molecule has 112 valence electrons. The van der Waals surface area contributed by atoms with Crippen LogP contribution in [0.4, 0.5) is 5.69 Å². The predicted octanol–water partition coefficient (Wildman–Crippen LogP) is 2.44. The number of carbonyl (C=O) groups excluding carboxylic acids is 1. The number of anilines is 1. The third-order valence-electron chi connectivity index (χ3n) is 3.56. The minimum absolute atomic E-state index is 0.0552. The number of rotatable bonds is 6. The number of nitrogens with zero attached hydrogens (tertiary/aromatic N) is 2. The molecule has 1 amide bonds. The molecule has 1 atom stereocenters. The number of hydrogen-bond acceptors (Lipinski definition) is 3. The van der Waals surface area contributed by atoms with Crippen molar-refractivity contribution >= 4 is 11.6 Å². The Morgan fingerprint density at radius 1 is 1.38 bits per heavy atom. The number of nitrogens with one attached hydrogen (secondary N) is 2. The first-order valence-corrected chi connectivity index (χ1v) is 7.17. The van der Waals surface area contributed by atoms with Crippen LogP contribution in [0.5, 0.6) is 0 Å². The second kappa shape index (κ2) is 6.92. The molecule has 1 aromatic carbocycles. The summed E-state index contributed by atoms with van der Waals surface area (Å²) in [5.41, 5.74) is 2.69. The lowest BCUT2D eigenvalue weighted by atomic mass is 10.1. The molecular formula is C16H22N4O. The summed E-state index contributed by atoms with van der Waals surface area (Å²) in [5.74, 6) is -0.0552. The zero-order valence-corrected chi connectivity index (χ0v) is 12.8. The van der Waals surface area contributed by atoms with Crippen LogP contribution < -0.4 is 10.6 Å². The molecule has 21 heavy (non-hydrogen) atoms. The minimum Gasteiger partial charge on any atom is -0.382 e. The lowest BCUT2D eigenvalue weighted by Crippen LogP contribution is -2.21. The Hall–Kier alpha value is -2.30. The number of benzene rings is 1. The third kappa shape index (κ3) is 3.84. The molecule has 0 aliphatic heterocycles. The van der Waals surface area contributed by atoms with E-state index in [-0.39, 0.29) is 5.91 Å². The standard InChI is InChI=1S/C16H22N4O/c1-12(8-11-20-10-5-9-18-20)19-15-7-4-6-14(13(15)2)16(21)17-3/h4-7,9-10,12,19H,8,11H2,1-3H3,(H,17,21). The van der Waals surface area contributed by atoms with Crippen molar-refractivity contribution in [2.24, 2.45) is 0 Å². The molecule has 1 unspecified atom stereocenters. The summed E-state index contributed by atoms with van der Waals surface area (Å²) >= 11 is 0. The van der Waals surface area contributed by atoms with Crippen molar-refractivity contribution in [1.82, 2.24) is 15.1 Å². The summed E-state index contributed by atoms with van der Waals surface area (Å²) in [7, 11) is 1.65. The van der Waals surface area contributed by atoms with Gasteiger partial charge in [-0.1, -0.05) is 6.07 Å². The number of carbonyl (C=O) groups is 1. The molecule has 1 aromatic heterocycles. The molecule has 0 saturated heterocycles. The fraction of sp³-hybridized carbons (Fsp3) is 0.375. The quantitative estimate of drug-likeness (QED) is 0.857. The lowest BCUT2D eigenvalue weighted by Gasteiger charge is -2.18. The molecule has 5 nitrogen and oxygen atoms in total. The van der Waals surface area contributed by atoms with Gasteiger partial charge in [-0.25, -0.2) is 0 Å². The maximum Gasteiger partial charge on any atom is 0.251 e. The van der Waals surface area contributed by atoms with Gasteiger partial charge in [-0.2, -0.15) is 5.10 Å². The van der Waals surface area contributed by atoms with Crippen molar-refractivity contribution in [1.29, 1.82) is 0 Å². The van der Waals surface area contributed by atoms with Crippen LogP contribution >= 0.6 is 0 Å². The first-order valence-electron chi connectivity index (χ1n) is 7.17. The second-order valence-electron chi connectivity index (χ2n) is 5.16. The smallest absolute Gasteiger partial charge is 0.251 e. The average Bonchev–Trinajstić information content (AvgIpc) is 3.00. The maximum atomic E-state index is 11.8. The van der Waals surface area contributed by atoms with Gasteiger partial charge in [0.2, 0.25) is 0 Å². The van der Waals surface area contributed by atoms with Gasteiger partial charge in [-0.05, 0) is 44.0 Å². The summed E-state index contributed by atoms with van der Waals surface area (Å²) in [6.45, 7) is 4.97. The van der Waals surface area contributed by atoms with E-state index in [2.05, 4.69) is 22.7 Å². The summed E-state index contributed by atoms with van der Waals surface area (Å²) in [6.07, 6.45) is 4.71. The molecule has 1 heterocycles. The summed E-state index contributed by atoms with van der Waals surface area (Å²) in [6, 6.07) is 7.97. The van der Waals surface area contributed by atoms with E-state index in [4.69, 9.17) is 0 Å². The van der Waals surface area contributed by atoms with Gasteiger partial charge >= 0.3 is 0 Å². The summed E-state index contributed by atoms with van der Waals surface area (Å²) in [5, 5.41) is 10.3. The Bertz CT molecular complexity index is 592. The van der Waals surface area contributed by atoms with Gasteiger partial charge in [0.15, 0.2) is 0 Å². The molecule has 2 rings (SSSR count). The maximum absolute atomic E-state index is 11.8. The molecule has 2 aromatic rings. The van der Waals surface area contributed by atoms with Crippen LogP contribution in [0.2, 0.25) is 0 Å². The molecule has 0 saturated carbocycles. The van der Waals surface area contributed by atoms with E-state index in [0.717, 1.165) is 24.2 Å². The van der Waals surface area contributed by atoms with E-state index in [0.29, 0.717) is 11.6 Å². The number of aromatic nitrogens is 2. The zero-order valence-electron chi connectivity index (χ0n) is 12.8. The van der Waals surface area contributed by atoms with Crippen LogP contribution in [0, 0.1) is 6.92 Å². The molecule has 0 aliphatic carbocycles. The van der Waals surface area contributed by atoms with Crippen molar-refractivity contribution in [3.05, 3.63) is 47.8 Å². The molecule has 5 heteroatoms. The third-order valence-corrected chi connectivity index (χ3v) is 3.56. The van der Waals surface area contributed by atoms with Gasteiger partial charge in [-0.15, -0.1) is 0 Å². The highest BCUT2D eigenvalue weighted by atomic mass is 16.1. The summed E-state index contributed by atoms with van der Waals surface area (Å²) in [4.78, 5) is 11.8. The van der Waals surface area contributed by atoms with Crippen LogP contribution in [0.1, 0.15) is 29.3 Å². The molecule has 2 N–H and O–H groups in total. The highest BCUT2D eigenvalue weighted by molar-refractivity contribution is 5.96. The van der Waals surface area contributed by atoms with Crippen LogP contribution in [-0.4, -0.2) is 28.8 Å². The van der Waals surface area contributed by atoms with E-state index in [9.17, 15) is 4.79 Å². The van der Waals surface area contributed by atoms with Crippen molar-refractivity contribution in [2.75, 3.05) is 12.4 Å². The molecule has 0 radical (unpaired) electrons.